The van der Waals surface area contributed by atoms with Crippen molar-refractivity contribution in [1.82, 2.24) is 9.55 Å². The molecule has 0 unspecified atom stereocenters. The van der Waals surface area contributed by atoms with E-state index in [9.17, 15) is 27.6 Å². The molecule has 0 aliphatic carbocycles. The van der Waals surface area contributed by atoms with Crippen molar-refractivity contribution in [3.63, 3.8) is 0 Å². The summed E-state index contributed by atoms with van der Waals surface area (Å²) in [6, 6.07) is 4.20. The first-order valence-corrected chi connectivity index (χ1v) is 10.0. The zero-order chi connectivity index (χ0) is 24.1. The monoisotopic (exact) mass is 456 g/mol. The number of aromatic amines is 1. The molecule has 1 aromatic heterocycles. The number of carbonyl (C=O) groups excluding carboxylic acids is 1. The van der Waals surface area contributed by atoms with Crippen LogP contribution in [0.2, 0.25) is 0 Å². The number of hydrogen-bond acceptors (Lipinski definition) is 5. The third-order valence-electron chi connectivity index (χ3n) is 4.70. The topological polar surface area (TPSA) is 110 Å². The summed E-state index contributed by atoms with van der Waals surface area (Å²) in [4.78, 5) is 41.2. The van der Waals surface area contributed by atoms with Crippen LogP contribution in [0.1, 0.15) is 31.4 Å². The second-order valence-corrected chi connectivity index (χ2v) is 7.76. The molecule has 1 amide bonds. The first-order valence-electron chi connectivity index (χ1n) is 10.0. The van der Waals surface area contributed by atoms with Crippen LogP contribution >= 0.6 is 0 Å². The predicted molar refractivity (Wildman–Crippen MR) is 115 cm³/mol. The van der Waals surface area contributed by atoms with Gasteiger partial charge in [-0.1, -0.05) is 26.0 Å². The van der Waals surface area contributed by atoms with Crippen LogP contribution in [0.4, 0.5) is 24.7 Å². The molecular weight excluding hydrogens is 429 g/mol. The van der Waals surface area contributed by atoms with Gasteiger partial charge in [0.25, 0.3) is 5.56 Å². The minimum absolute atomic E-state index is 0.0403. The van der Waals surface area contributed by atoms with Crippen LogP contribution < -0.4 is 21.9 Å². The fourth-order valence-electron chi connectivity index (χ4n) is 3.19. The SMILES string of the molecule is COCCCN(C(=O)Cc1ccc(C(F)(F)F)cc1)c1c(N)n(CC(C)C)c(=O)[nH]c1=O. The summed E-state index contributed by atoms with van der Waals surface area (Å²) in [6.07, 6.45) is -4.37. The minimum atomic E-state index is -4.49. The normalized spacial score (nSPS) is 11.7. The Morgan fingerprint density at radius 3 is 2.38 bits per heavy atom. The lowest BCUT2D eigenvalue weighted by molar-refractivity contribution is -0.137. The van der Waals surface area contributed by atoms with Gasteiger partial charge in [0.1, 0.15) is 5.82 Å². The maximum Gasteiger partial charge on any atom is 0.416 e. The Morgan fingerprint density at radius 1 is 1.22 bits per heavy atom. The summed E-state index contributed by atoms with van der Waals surface area (Å²) in [5.41, 5.74) is 3.98. The summed E-state index contributed by atoms with van der Waals surface area (Å²) < 4.78 is 44.6. The number of aromatic nitrogens is 2. The Morgan fingerprint density at radius 2 is 1.84 bits per heavy atom. The van der Waals surface area contributed by atoms with Gasteiger partial charge in [0.05, 0.1) is 12.0 Å². The number of halogens is 3. The largest absolute Gasteiger partial charge is 0.416 e. The number of amides is 1. The number of ether oxygens (including phenoxy) is 1. The van der Waals surface area contributed by atoms with Crippen molar-refractivity contribution in [2.45, 2.75) is 39.4 Å². The van der Waals surface area contributed by atoms with Crippen molar-refractivity contribution >= 4 is 17.4 Å². The van der Waals surface area contributed by atoms with Crippen molar-refractivity contribution < 1.29 is 22.7 Å². The summed E-state index contributed by atoms with van der Waals surface area (Å²) >= 11 is 0. The first-order chi connectivity index (χ1) is 15.0. The smallest absolute Gasteiger partial charge is 0.385 e. The van der Waals surface area contributed by atoms with Gasteiger partial charge in [0, 0.05) is 26.8 Å². The standard InChI is InChI=1S/C21H27F3N4O4/c1-13(2)12-28-18(25)17(19(30)26-20(28)31)27(9-4-10-32-3)16(29)11-14-5-7-15(8-6-14)21(22,23)24/h5-8,13H,4,9-12,25H2,1-3H3,(H,26,30,31). The second-order valence-electron chi connectivity index (χ2n) is 7.76. The van der Waals surface area contributed by atoms with Crippen LogP contribution in [0.3, 0.4) is 0 Å². The molecule has 0 bridgehead atoms. The number of methoxy groups -OCH3 is 1. The average Bonchev–Trinajstić information content (AvgIpc) is 2.69. The van der Waals surface area contributed by atoms with Crippen LogP contribution in [0.25, 0.3) is 0 Å². The molecule has 0 fully saturated rings. The first kappa shape index (κ1) is 25.2. The quantitative estimate of drug-likeness (QED) is 0.563. The fourth-order valence-corrected chi connectivity index (χ4v) is 3.19. The highest BCUT2D eigenvalue weighted by Gasteiger charge is 2.30. The number of anilines is 2. The van der Waals surface area contributed by atoms with Gasteiger partial charge in [0.2, 0.25) is 5.91 Å². The number of hydrogen-bond donors (Lipinski definition) is 2. The van der Waals surface area contributed by atoms with E-state index in [4.69, 9.17) is 10.5 Å². The minimum Gasteiger partial charge on any atom is -0.385 e. The van der Waals surface area contributed by atoms with Crippen LogP contribution in [0.15, 0.2) is 33.9 Å². The number of benzene rings is 1. The summed E-state index contributed by atoms with van der Waals surface area (Å²) in [5, 5.41) is 0. The van der Waals surface area contributed by atoms with Crippen LogP contribution in [-0.2, 0) is 28.7 Å². The molecule has 32 heavy (non-hydrogen) atoms. The Labute approximate surface area is 182 Å². The zero-order valence-electron chi connectivity index (χ0n) is 18.2. The van der Waals surface area contributed by atoms with Crippen LogP contribution in [0.5, 0.6) is 0 Å². The molecule has 0 aliphatic heterocycles. The predicted octanol–water partition coefficient (Wildman–Crippen LogP) is 2.41. The van der Waals surface area contributed by atoms with E-state index >= 15 is 0 Å². The highest BCUT2D eigenvalue weighted by molar-refractivity contribution is 5.96. The maximum atomic E-state index is 13.1. The number of rotatable bonds is 9. The van der Waals surface area contributed by atoms with Crippen molar-refractivity contribution in [2.75, 3.05) is 30.9 Å². The third kappa shape index (κ3) is 6.22. The number of alkyl halides is 3. The van der Waals surface area contributed by atoms with E-state index in [2.05, 4.69) is 4.98 Å². The van der Waals surface area contributed by atoms with E-state index in [1.807, 2.05) is 13.8 Å². The highest BCUT2D eigenvalue weighted by Crippen LogP contribution is 2.29. The molecule has 0 saturated heterocycles. The van der Waals surface area contributed by atoms with Crippen LogP contribution in [0, 0.1) is 5.92 Å². The Hall–Kier alpha value is -3.08. The zero-order valence-corrected chi connectivity index (χ0v) is 18.2. The van der Waals surface area contributed by atoms with Crippen LogP contribution in [-0.4, -0.2) is 35.7 Å². The Balaban J connectivity index is 2.42. The van der Waals surface area contributed by atoms with Crippen molar-refractivity contribution in [2.24, 2.45) is 5.92 Å². The molecule has 1 aromatic carbocycles. The lowest BCUT2D eigenvalue weighted by Gasteiger charge is -2.25. The van der Waals surface area contributed by atoms with Gasteiger partial charge in [-0.15, -0.1) is 0 Å². The van der Waals surface area contributed by atoms with Gasteiger partial charge in [0.15, 0.2) is 5.69 Å². The number of nitrogens with one attached hydrogen (secondary N) is 1. The molecule has 8 nitrogen and oxygen atoms in total. The summed E-state index contributed by atoms with van der Waals surface area (Å²) in [5.74, 6) is -0.656. The van der Waals surface area contributed by atoms with Gasteiger partial charge in [-0.2, -0.15) is 13.2 Å². The molecule has 0 atom stereocenters. The molecule has 0 spiro atoms. The van der Waals surface area contributed by atoms with Crippen molar-refractivity contribution in [3.05, 3.63) is 56.2 Å². The molecule has 0 saturated carbocycles. The number of nitrogens with two attached hydrogens (primary N) is 1. The molecule has 1 heterocycles. The molecule has 0 radical (unpaired) electrons. The third-order valence-corrected chi connectivity index (χ3v) is 4.70. The molecule has 11 heteroatoms. The lowest BCUT2D eigenvalue weighted by Crippen LogP contribution is -2.42. The molecule has 2 aromatic rings. The molecular formula is C21H27F3N4O4. The molecule has 0 aliphatic rings. The van der Waals surface area contributed by atoms with Crippen molar-refractivity contribution in [1.29, 1.82) is 0 Å². The molecule has 3 N–H and O–H groups in total. The number of nitrogen functional groups attached to an aromatic ring is 1. The van der Waals surface area contributed by atoms with Gasteiger partial charge in [-0.3, -0.25) is 19.1 Å². The Bertz CT molecular complexity index is 1040. The van der Waals surface area contributed by atoms with Crippen molar-refractivity contribution in [3.8, 4) is 0 Å². The number of H-pyrrole nitrogens is 1. The van der Waals surface area contributed by atoms with E-state index in [0.29, 0.717) is 18.6 Å². The molecule has 176 valence electrons. The molecule has 2 rings (SSSR count). The van der Waals surface area contributed by atoms with E-state index in [0.717, 1.165) is 17.0 Å². The van der Waals surface area contributed by atoms with Gasteiger partial charge in [-0.05, 0) is 30.0 Å². The average molecular weight is 456 g/mol. The lowest BCUT2D eigenvalue weighted by atomic mass is 10.1. The van der Waals surface area contributed by atoms with Gasteiger partial charge < -0.3 is 15.4 Å². The van der Waals surface area contributed by atoms with Gasteiger partial charge >= 0.3 is 11.9 Å². The Kier molecular flexibility index (Phi) is 8.25. The summed E-state index contributed by atoms with van der Waals surface area (Å²) in [6.45, 7) is 4.33. The summed E-state index contributed by atoms with van der Waals surface area (Å²) in [7, 11) is 1.48. The van der Waals surface area contributed by atoms with Gasteiger partial charge in [-0.25, -0.2) is 4.79 Å². The van der Waals surface area contributed by atoms with E-state index in [1.54, 1.807) is 0 Å². The number of nitrogens with zero attached hydrogens (tertiary/aromatic N) is 2. The highest BCUT2D eigenvalue weighted by atomic mass is 19.4. The number of carbonyl (C=O) groups is 1. The maximum absolute atomic E-state index is 13.1. The fraction of sp³-hybridized carbons (Fsp3) is 0.476. The second kappa shape index (κ2) is 10.5. The van der Waals surface area contributed by atoms with E-state index in [-0.39, 0.29) is 36.9 Å². The van der Waals surface area contributed by atoms with E-state index in [1.165, 1.54) is 23.8 Å². The van der Waals surface area contributed by atoms with E-state index < -0.39 is 28.9 Å².